The van der Waals surface area contributed by atoms with Crippen molar-refractivity contribution in [1.82, 2.24) is 13.9 Å². The highest BCUT2D eigenvalue weighted by Crippen LogP contribution is 2.22. The summed E-state index contributed by atoms with van der Waals surface area (Å²) >= 11 is 5.92. The van der Waals surface area contributed by atoms with Crippen molar-refractivity contribution in [3.63, 3.8) is 0 Å². The van der Waals surface area contributed by atoms with E-state index >= 15 is 0 Å². The number of nitrogens with zero attached hydrogens (tertiary/aromatic N) is 3. The molecule has 0 amide bonds. The third kappa shape index (κ3) is 4.77. The van der Waals surface area contributed by atoms with E-state index in [1.165, 1.54) is 14.1 Å². The summed E-state index contributed by atoms with van der Waals surface area (Å²) in [4.78, 5) is 16.8. The molecule has 2 aromatic carbocycles. The molecule has 0 bridgehead atoms. The maximum Gasteiger partial charge on any atom is 0.306 e. The normalized spacial score (nSPS) is 11.9. The number of benzene rings is 2. The van der Waals surface area contributed by atoms with Crippen LogP contribution in [0.2, 0.25) is 5.02 Å². The van der Waals surface area contributed by atoms with E-state index in [1.54, 1.807) is 36.4 Å². The molecule has 3 rings (SSSR count). The predicted octanol–water partition coefficient (Wildman–Crippen LogP) is 3.15. The molecule has 0 aliphatic rings. The van der Waals surface area contributed by atoms with Gasteiger partial charge in [0, 0.05) is 32.6 Å². The van der Waals surface area contributed by atoms with E-state index < -0.39 is 10.0 Å². The molecule has 0 N–H and O–H groups in total. The number of rotatable bonds is 7. The summed E-state index contributed by atoms with van der Waals surface area (Å²) in [7, 11) is 1.27. The van der Waals surface area contributed by atoms with Crippen LogP contribution in [0.3, 0.4) is 0 Å². The van der Waals surface area contributed by atoms with Crippen LogP contribution in [0.15, 0.2) is 47.4 Å². The molecule has 0 aliphatic heterocycles. The number of imidazole rings is 1. The highest BCUT2D eigenvalue weighted by molar-refractivity contribution is 7.89. The SMILES string of the molecule is CN(C)S(=O)(=O)c1ccc2c(c1)nc(CCC(=O)OCc1cccc(Cl)c1)n2C. The third-order valence-electron chi connectivity index (χ3n) is 4.57. The second-order valence-electron chi connectivity index (χ2n) is 6.82. The number of halogens is 1. The summed E-state index contributed by atoms with van der Waals surface area (Å²) < 4.78 is 32.9. The maximum atomic E-state index is 12.3. The summed E-state index contributed by atoms with van der Waals surface area (Å²) in [6, 6.07) is 12.0. The van der Waals surface area contributed by atoms with E-state index in [4.69, 9.17) is 16.3 Å². The number of hydrogen-bond acceptors (Lipinski definition) is 5. The summed E-state index contributed by atoms with van der Waals surface area (Å²) in [5.74, 6) is 0.340. The molecule has 0 aliphatic carbocycles. The van der Waals surface area contributed by atoms with Crippen LogP contribution < -0.4 is 0 Å². The molecule has 0 radical (unpaired) electrons. The van der Waals surface area contributed by atoms with Crippen LogP contribution in [0.5, 0.6) is 0 Å². The Kier molecular flexibility index (Phi) is 6.26. The Hall–Kier alpha value is -2.42. The van der Waals surface area contributed by atoms with E-state index in [2.05, 4.69) is 4.98 Å². The minimum absolute atomic E-state index is 0.160. The largest absolute Gasteiger partial charge is 0.461 e. The van der Waals surface area contributed by atoms with E-state index in [-0.39, 0.29) is 23.9 Å². The van der Waals surface area contributed by atoms with Crippen molar-refractivity contribution in [3.8, 4) is 0 Å². The number of aromatic nitrogens is 2. The van der Waals surface area contributed by atoms with Gasteiger partial charge < -0.3 is 9.30 Å². The third-order valence-corrected chi connectivity index (χ3v) is 6.61. The molecule has 0 saturated carbocycles. The number of ether oxygens (including phenoxy) is 1. The van der Waals surface area contributed by atoms with Gasteiger partial charge in [-0.2, -0.15) is 0 Å². The molecule has 0 spiro atoms. The molecule has 0 unspecified atom stereocenters. The lowest BCUT2D eigenvalue weighted by Crippen LogP contribution is -2.22. The van der Waals surface area contributed by atoms with Gasteiger partial charge in [-0.3, -0.25) is 4.79 Å². The van der Waals surface area contributed by atoms with Gasteiger partial charge in [-0.25, -0.2) is 17.7 Å². The first-order valence-electron chi connectivity index (χ1n) is 8.96. The first-order valence-corrected chi connectivity index (χ1v) is 10.8. The zero-order valence-corrected chi connectivity index (χ0v) is 18.0. The smallest absolute Gasteiger partial charge is 0.306 e. The van der Waals surface area contributed by atoms with E-state index in [0.29, 0.717) is 22.8 Å². The van der Waals surface area contributed by atoms with Gasteiger partial charge >= 0.3 is 5.97 Å². The van der Waals surface area contributed by atoms with Gasteiger partial charge in [-0.05, 0) is 35.9 Å². The number of hydrogen-bond donors (Lipinski definition) is 0. The Balaban J connectivity index is 1.68. The molecular formula is C20H22ClN3O4S. The van der Waals surface area contributed by atoms with E-state index in [9.17, 15) is 13.2 Å². The topological polar surface area (TPSA) is 81.5 Å². The molecule has 0 atom stereocenters. The first-order chi connectivity index (χ1) is 13.7. The van der Waals surface area contributed by atoms with Crippen molar-refractivity contribution in [2.24, 2.45) is 7.05 Å². The molecule has 3 aromatic rings. The molecule has 29 heavy (non-hydrogen) atoms. The van der Waals surface area contributed by atoms with Crippen molar-refractivity contribution in [2.75, 3.05) is 14.1 Å². The van der Waals surface area contributed by atoms with Crippen LogP contribution in [0, 0.1) is 0 Å². The van der Waals surface area contributed by atoms with Gasteiger partial charge in [-0.15, -0.1) is 0 Å². The van der Waals surface area contributed by atoms with Crippen molar-refractivity contribution >= 4 is 38.6 Å². The molecule has 154 valence electrons. The van der Waals surface area contributed by atoms with Crippen molar-refractivity contribution in [2.45, 2.75) is 24.3 Å². The average Bonchev–Trinajstić information content (AvgIpc) is 3.00. The molecular weight excluding hydrogens is 414 g/mol. The van der Waals surface area contributed by atoms with Gasteiger partial charge in [0.2, 0.25) is 10.0 Å². The summed E-state index contributed by atoms with van der Waals surface area (Å²) in [6.45, 7) is 0.160. The van der Waals surface area contributed by atoms with Crippen LogP contribution in [0.4, 0.5) is 0 Å². The number of carbonyl (C=O) groups is 1. The highest BCUT2D eigenvalue weighted by Gasteiger charge is 2.19. The van der Waals surface area contributed by atoms with Crippen molar-refractivity contribution in [1.29, 1.82) is 0 Å². The number of fused-ring (bicyclic) bond motifs is 1. The number of carbonyl (C=O) groups excluding carboxylic acids is 1. The summed E-state index contributed by atoms with van der Waals surface area (Å²) in [5, 5.41) is 0.592. The molecule has 1 heterocycles. The fraction of sp³-hybridized carbons (Fsp3) is 0.300. The lowest BCUT2D eigenvalue weighted by molar-refractivity contribution is -0.144. The molecule has 1 aromatic heterocycles. The molecule has 0 fully saturated rings. The Morgan fingerprint density at radius 3 is 2.66 bits per heavy atom. The summed E-state index contributed by atoms with van der Waals surface area (Å²) in [6.07, 6.45) is 0.551. The van der Waals surface area contributed by atoms with Crippen LogP contribution >= 0.6 is 11.6 Å². The standard InChI is InChI=1S/C20H22ClN3O4S/c1-23(2)29(26,27)16-7-8-18-17(12-16)22-19(24(18)3)9-10-20(25)28-13-14-5-4-6-15(21)11-14/h4-8,11-12H,9-10,13H2,1-3H3. The first kappa shape index (κ1) is 21.3. The molecule has 0 saturated heterocycles. The molecule has 7 nitrogen and oxygen atoms in total. The van der Waals surface area contributed by atoms with Crippen LogP contribution in [-0.4, -0.2) is 42.3 Å². The minimum Gasteiger partial charge on any atom is -0.461 e. The van der Waals surface area contributed by atoms with Crippen LogP contribution in [0.1, 0.15) is 17.8 Å². The lowest BCUT2D eigenvalue weighted by atomic mass is 10.2. The zero-order chi connectivity index (χ0) is 21.2. The van der Waals surface area contributed by atoms with Crippen molar-refractivity contribution < 1.29 is 17.9 Å². The predicted molar refractivity (Wildman–Crippen MR) is 111 cm³/mol. The van der Waals surface area contributed by atoms with Gasteiger partial charge in [0.1, 0.15) is 12.4 Å². The Morgan fingerprint density at radius 1 is 1.21 bits per heavy atom. The number of esters is 1. The van der Waals surface area contributed by atoms with E-state index in [0.717, 1.165) is 15.4 Å². The fourth-order valence-corrected chi connectivity index (χ4v) is 4.04. The zero-order valence-electron chi connectivity index (χ0n) is 16.4. The number of sulfonamides is 1. The summed E-state index contributed by atoms with van der Waals surface area (Å²) in [5.41, 5.74) is 2.19. The van der Waals surface area contributed by atoms with Gasteiger partial charge in [0.15, 0.2) is 0 Å². The van der Waals surface area contributed by atoms with Crippen LogP contribution in [0.25, 0.3) is 11.0 Å². The number of aryl methyl sites for hydroxylation is 2. The maximum absolute atomic E-state index is 12.3. The second-order valence-corrected chi connectivity index (χ2v) is 9.40. The lowest BCUT2D eigenvalue weighted by Gasteiger charge is -2.10. The van der Waals surface area contributed by atoms with Gasteiger partial charge in [-0.1, -0.05) is 23.7 Å². The second kappa shape index (κ2) is 8.52. The Morgan fingerprint density at radius 2 is 1.97 bits per heavy atom. The average molecular weight is 436 g/mol. The highest BCUT2D eigenvalue weighted by atomic mass is 35.5. The van der Waals surface area contributed by atoms with E-state index in [1.807, 2.05) is 17.7 Å². The van der Waals surface area contributed by atoms with Crippen molar-refractivity contribution in [3.05, 3.63) is 58.9 Å². The minimum atomic E-state index is -3.53. The molecule has 9 heteroatoms. The Bertz CT molecular complexity index is 1160. The monoisotopic (exact) mass is 435 g/mol. The van der Waals surface area contributed by atoms with Crippen LogP contribution in [-0.2, 0) is 39.6 Å². The van der Waals surface area contributed by atoms with Gasteiger partial charge in [0.05, 0.1) is 22.3 Å². The Labute approximate surface area is 174 Å². The quantitative estimate of drug-likeness (QED) is 0.532. The van der Waals surface area contributed by atoms with Gasteiger partial charge in [0.25, 0.3) is 0 Å². The fourth-order valence-electron chi connectivity index (χ4n) is 2.90.